The second kappa shape index (κ2) is 5.19. The van der Waals surface area contributed by atoms with Gasteiger partial charge in [-0.25, -0.2) is 0 Å². The van der Waals surface area contributed by atoms with Crippen molar-refractivity contribution < 1.29 is 4.79 Å². The van der Waals surface area contributed by atoms with Gasteiger partial charge in [0.2, 0.25) is 5.91 Å². The second-order valence-electron chi connectivity index (χ2n) is 3.76. The summed E-state index contributed by atoms with van der Waals surface area (Å²) in [6, 6.07) is 0.352. The largest absolute Gasteiger partial charge is 0.369 e. The quantitative estimate of drug-likeness (QED) is 0.609. The molecule has 1 heterocycles. The highest BCUT2D eigenvalue weighted by Gasteiger charge is 2.14. The molecule has 13 heavy (non-hydrogen) atoms. The molecule has 0 spiro atoms. The third-order valence-electron chi connectivity index (χ3n) is 2.36. The van der Waals surface area contributed by atoms with Gasteiger partial charge in [0.25, 0.3) is 0 Å². The van der Waals surface area contributed by atoms with Gasteiger partial charge in [0, 0.05) is 12.6 Å². The molecule has 1 aliphatic heterocycles. The second-order valence-corrected chi connectivity index (χ2v) is 3.76. The summed E-state index contributed by atoms with van der Waals surface area (Å²) in [7, 11) is 0. The summed E-state index contributed by atoms with van der Waals surface area (Å²) < 4.78 is 0. The van der Waals surface area contributed by atoms with Gasteiger partial charge in [0.1, 0.15) is 0 Å². The Morgan fingerprint density at radius 3 is 2.69 bits per heavy atom. The maximum atomic E-state index is 10.5. The molecule has 76 valence electrons. The standard InChI is InChI=1S/C9H19N3O/c1-8(11-6-9(10)13)7-12-4-2-3-5-12/h8,11H,2-7H2,1H3,(H2,10,13). The van der Waals surface area contributed by atoms with E-state index in [0.717, 1.165) is 6.54 Å². The number of nitrogens with two attached hydrogens (primary N) is 1. The van der Waals surface area contributed by atoms with E-state index in [1.807, 2.05) is 0 Å². The van der Waals surface area contributed by atoms with Gasteiger partial charge in [-0.1, -0.05) is 0 Å². The van der Waals surface area contributed by atoms with Gasteiger partial charge in [-0.2, -0.15) is 0 Å². The van der Waals surface area contributed by atoms with Crippen LogP contribution in [0.4, 0.5) is 0 Å². The molecule has 0 aromatic carbocycles. The summed E-state index contributed by atoms with van der Waals surface area (Å²) in [6.45, 7) is 5.79. The van der Waals surface area contributed by atoms with Gasteiger partial charge >= 0.3 is 0 Å². The molecular weight excluding hydrogens is 166 g/mol. The van der Waals surface area contributed by atoms with Crippen LogP contribution in [0.2, 0.25) is 0 Å². The number of likely N-dealkylation sites (tertiary alicyclic amines) is 1. The van der Waals surface area contributed by atoms with Crippen LogP contribution in [0.15, 0.2) is 0 Å². The number of carbonyl (C=O) groups is 1. The number of primary amides is 1. The number of carbonyl (C=O) groups excluding carboxylic acids is 1. The van der Waals surface area contributed by atoms with E-state index in [1.165, 1.54) is 25.9 Å². The summed E-state index contributed by atoms with van der Waals surface area (Å²) >= 11 is 0. The van der Waals surface area contributed by atoms with Crippen LogP contribution < -0.4 is 11.1 Å². The Hall–Kier alpha value is -0.610. The third-order valence-corrected chi connectivity index (χ3v) is 2.36. The maximum Gasteiger partial charge on any atom is 0.231 e. The monoisotopic (exact) mass is 185 g/mol. The van der Waals surface area contributed by atoms with E-state index < -0.39 is 0 Å². The lowest BCUT2D eigenvalue weighted by atomic mass is 10.3. The molecule has 4 heteroatoms. The van der Waals surface area contributed by atoms with Crippen LogP contribution in [0.25, 0.3) is 0 Å². The van der Waals surface area contributed by atoms with Crippen molar-refractivity contribution in [3.63, 3.8) is 0 Å². The number of rotatable bonds is 5. The summed E-state index contributed by atoms with van der Waals surface area (Å²) in [5.41, 5.74) is 5.03. The summed E-state index contributed by atoms with van der Waals surface area (Å²) in [5, 5.41) is 3.09. The van der Waals surface area contributed by atoms with E-state index in [4.69, 9.17) is 5.73 Å². The predicted molar refractivity (Wildman–Crippen MR) is 52.3 cm³/mol. The van der Waals surface area contributed by atoms with Gasteiger partial charge in [0.15, 0.2) is 0 Å². The summed E-state index contributed by atoms with van der Waals surface area (Å²) in [5.74, 6) is -0.284. The highest BCUT2D eigenvalue weighted by atomic mass is 16.1. The molecule has 0 saturated carbocycles. The first-order valence-electron chi connectivity index (χ1n) is 4.92. The molecule has 0 radical (unpaired) electrons. The first-order valence-corrected chi connectivity index (χ1v) is 4.92. The minimum Gasteiger partial charge on any atom is -0.369 e. The van der Waals surface area contributed by atoms with Crippen LogP contribution in [0.3, 0.4) is 0 Å². The Morgan fingerprint density at radius 1 is 1.54 bits per heavy atom. The number of hydrogen-bond acceptors (Lipinski definition) is 3. The van der Waals surface area contributed by atoms with Crippen LogP contribution in [0, 0.1) is 0 Å². The van der Waals surface area contributed by atoms with E-state index in [1.54, 1.807) is 0 Å². The summed E-state index contributed by atoms with van der Waals surface area (Å²) in [4.78, 5) is 12.9. The summed E-state index contributed by atoms with van der Waals surface area (Å²) in [6.07, 6.45) is 2.62. The Balaban J connectivity index is 2.09. The van der Waals surface area contributed by atoms with Crippen molar-refractivity contribution in [3.8, 4) is 0 Å². The molecule has 1 atom stereocenters. The molecule has 0 bridgehead atoms. The molecule has 1 unspecified atom stereocenters. The van der Waals surface area contributed by atoms with Crippen LogP contribution in [0.1, 0.15) is 19.8 Å². The van der Waals surface area contributed by atoms with Crippen LogP contribution in [-0.2, 0) is 4.79 Å². The normalized spacial score (nSPS) is 20.4. The molecule has 1 fully saturated rings. The molecule has 0 aliphatic carbocycles. The smallest absolute Gasteiger partial charge is 0.231 e. The Morgan fingerprint density at radius 2 is 2.15 bits per heavy atom. The van der Waals surface area contributed by atoms with Gasteiger partial charge in [-0.15, -0.1) is 0 Å². The van der Waals surface area contributed by atoms with Crippen molar-refractivity contribution in [2.45, 2.75) is 25.8 Å². The van der Waals surface area contributed by atoms with E-state index in [2.05, 4.69) is 17.1 Å². The topological polar surface area (TPSA) is 58.4 Å². The first-order chi connectivity index (χ1) is 6.18. The fourth-order valence-electron chi connectivity index (χ4n) is 1.69. The average Bonchev–Trinajstić information content (AvgIpc) is 2.53. The van der Waals surface area contributed by atoms with Crippen LogP contribution in [-0.4, -0.2) is 43.0 Å². The number of hydrogen-bond donors (Lipinski definition) is 2. The number of nitrogens with one attached hydrogen (secondary N) is 1. The SMILES string of the molecule is CC(CN1CCCC1)NCC(N)=O. The molecule has 1 amide bonds. The molecular formula is C9H19N3O. The molecule has 1 rings (SSSR count). The van der Waals surface area contributed by atoms with Crippen molar-refractivity contribution >= 4 is 5.91 Å². The molecule has 0 aromatic heterocycles. The lowest BCUT2D eigenvalue weighted by Gasteiger charge is -2.20. The Bertz CT molecular complexity index is 166. The van der Waals surface area contributed by atoms with Gasteiger partial charge < -0.3 is 16.0 Å². The minimum atomic E-state index is -0.284. The molecule has 1 saturated heterocycles. The van der Waals surface area contributed by atoms with Gasteiger partial charge in [0.05, 0.1) is 6.54 Å². The lowest BCUT2D eigenvalue weighted by molar-refractivity contribution is -0.117. The van der Waals surface area contributed by atoms with Gasteiger partial charge in [-0.3, -0.25) is 4.79 Å². The van der Waals surface area contributed by atoms with E-state index in [0.29, 0.717) is 6.04 Å². The first kappa shape index (κ1) is 10.5. The predicted octanol–water partition coefficient (Wildman–Crippen LogP) is -0.454. The van der Waals surface area contributed by atoms with E-state index in [-0.39, 0.29) is 12.5 Å². The number of nitrogens with zero attached hydrogens (tertiary/aromatic N) is 1. The van der Waals surface area contributed by atoms with Crippen molar-refractivity contribution in [2.24, 2.45) is 5.73 Å². The van der Waals surface area contributed by atoms with Crippen LogP contribution >= 0.6 is 0 Å². The van der Waals surface area contributed by atoms with Crippen molar-refractivity contribution in [1.82, 2.24) is 10.2 Å². The molecule has 3 N–H and O–H groups in total. The Labute approximate surface area is 79.5 Å². The zero-order chi connectivity index (χ0) is 9.68. The fraction of sp³-hybridized carbons (Fsp3) is 0.889. The number of amides is 1. The van der Waals surface area contributed by atoms with E-state index in [9.17, 15) is 4.79 Å². The van der Waals surface area contributed by atoms with E-state index >= 15 is 0 Å². The van der Waals surface area contributed by atoms with Crippen LogP contribution in [0.5, 0.6) is 0 Å². The minimum absolute atomic E-state index is 0.284. The highest BCUT2D eigenvalue weighted by molar-refractivity contribution is 5.75. The zero-order valence-corrected chi connectivity index (χ0v) is 8.25. The Kier molecular flexibility index (Phi) is 4.18. The van der Waals surface area contributed by atoms with Crippen molar-refractivity contribution in [2.75, 3.05) is 26.2 Å². The third kappa shape index (κ3) is 4.24. The van der Waals surface area contributed by atoms with Crippen molar-refractivity contribution in [1.29, 1.82) is 0 Å². The molecule has 4 nitrogen and oxygen atoms in total. The molecule has 1 aliphatic rings. The lowest BCUT2D eigenvalue weighted by Crippen LogP contribution is -2.41. The average molecular weight is 185 g/mol. The molecule has 0 aromatic rings. The zero-order valence-electron chi connectivity index (χ0n) is 8.25. The van der Waals surface area contributed by atoms with Gasteiger partial charge in [-0.05, 0) is 32.9 Å². The van der Waals surface area contributed by atoms with Crippen molar-refractivity contribution in [3.05, 3.63) is 0 Å². The highest BCUT2D eigenvalue weighted by Crippen LogP contribution is 2.07. The fourth-order valence-corrected chi connectivity index (χ4v) is 1.69. The maximum absolute atomic E-state index is 10.5.